The molecule has 1 N–H and O–H groups in total. The lowest BCUT2D eigenvalue weighted by Crippen LogP contribution is -2.30. The van der Waals surface area contributed by atoms with Gasteiger partial charge in [-0.2, -0.15) is 0 Å². The average molecular weight is 435 g/mol. The minimum Gasteiger partial charge on any atom is -0.481 e. The highest BCUT2D eigenvalue weighted by molar-refractivity contribution is 5.94. The molecular formula is C25H27FN4O2. The van der Waals surface area contributed by atoms with Gasteiger partial charge >= 0.3 is 0 Å². The SMILES string of the molecule is CC(Oc1ccc(F)cc1)C(=O)Nc1cccc(-c2ccc(N3CCCCCC3)nn2)c1. The van der Waals surface area contributed by atoms with Crippen LogP contribution in [0.2, 0.25) is 0 Å². The Hall–Kier alpha value is -3.48. The van der Waals surface area contributed by atoms with Crippen LogP contribution in [0.3, 0.4) is 0 Å². The summed E-state index contributed by atoms with van der Waals surface area (Å²) in [6.07, 6.45) is 4.18. The zero-order valence-corrected chi connectivity index (χ0v) is 18.1. The Bertz CT molecular complexity index is 1030. The fourth-order valence-electron chi connectivity index (χ4n) is 3.72. The molecule has 32 heavy (non-hydrogen) atoms. The molecule has 1 saturated heterocycles. The summed E-state index contributed by atoms with van der Waals surface area (Å²) < 4.78 is 18.6. The lowest BCUT2D eigenvalue weighted by Gasteiger charge is -2.20. The molecule has 1 fully saturated rings. The molecule has 1 aliphatic heterocycles. The molecule has 7 heteroatoms. The number of carbonyl (C=O) groups is 1. The maximum absolute atomic E-state index is 13.0. The smallest absolute Gasteiger partial charge is 0.265 e. The zero-order chi connectivity index (χ0) is 22.3. The largest absolute Gasteiger partial charge is 0.481 e. The van der Waals surface area contributed by atoms with Crippen LogP contribution in [0, 0.1) is 5.82 Å². The van der Waals surface area contributed by atoms with Crippen molar-refractivity contribution in [2.24, 2.45) is 0 Å². The standard InChI is InChI=1S/C25H27FN4O2/c1-18(32-22-11-9-20(26)10-12-22)25(31)27-21-8-6-7-19(17-21)23-13-14-24(29-28-23)30-15-4-2-3-5-16-30/h6-14,17-18H,2-5,15-16H2,1H3,(H,27,31). The Morgan fingerprint density at radius 3 is 2.44 bits per heavy atom. The van der Waals surface area contributed by atoms with E-state index < -0.39 is 6.10 Å². The molecule has 0 bridgehead atoms. The van der Waals surface area contributed by atoms with Crippen LogP contribution in [0.15, 0.2) is 60.7 Å². The van der Waals surface area contributed by atoms with Crippen LogP contribution >= 0.6 is 0 Å². The van der Waals surface area contributed by atoms with Crippen molar-refractivity contribution in [3.8, 4) is 17.0 Å². The quantitative estimate of drug-likeness (QED) is 0.587. The highest BCUT2D eigenvalue weighted by Crippen LogP contribution is 2.23. The highest BCUT2D eigenvalue weighted by Gasteiger charge is 2.16. The van der Waals surface area contributed by atoms with E-state index in [4.69, 9.17) is 4.74 Å². The van der Waals surface area contributed by atoms with Crippen LogP contribution in [0.4, 0.5) is 15.9 Å². The Balaban J connectivity index is 1.40. The monoisotopic (exact) mass is 434 g/mol. The lowest BCUT2D eigenvalue weighted by molar-refractivity contribution is -0.122. The summed E-state index contributed by atoms with van der Waals surface area (Å²) in [5, 5.41) is 11.7. The van der Waals surface area contributed by atoms with Crippen LogP contribution in [0.1, 0.15) is 32.6 Å². The first kappa shape index (κ1) is 21.7. The summed E-state index contributed by atoms with van der Waals surface area (Å²) in [7, 11) is 0. The van der Waals surface area contributed by atoms with Gasteiger partial charge in [-0.05, 0) is 68.3 Å². The first-order chi connectivity index (χ1) is 15.6. The third kappa shape index (κ3) is 5.60. The van der Waals surface area contributed by atoms with Crippen molar-refractivity contribution >= 4 is 17.4 Å². The second-order valence-corrected chi connectivity index (χ2v) is 7.96. The van der Waals surface area contributed by atoms with Gasteiger partial charge in [-0.1, -0.05) is 25.0 Å². The molecule has 1 aromatic heterocycles. The molecule has 2 aromatic carbocycles. The number of halogens is 1. The third-order valence-corrected chi connectivity index (χ3v) is 5.50. The van der Waals surface area contributed by atoms with E-state index in [2.05, 4.69) is 20.4 Å². The van der Waals surface area contributed by atoms with Gasteiger partial charge in [-0.15, -0.1) is 10.2 Å². The highest BCUT2D eigenvalue weighted by atomic mass is 19.1. The van der Waals surface area contributed by atoms with Gasteiger partial charge in [-0.25, -0.2) is 4.39 Å². The molecule has 1 atom stereocenters. The second-order valence-electron chi connectivity index (χ2n) is 7.96. The second kappa shape index (κ2) is 10.2. The predicted octanol–water partition coefficient (Wildman–Crippen LogP) is 5.07. The summed E-state index contributed by atoms with van der Waals surface area (Å²) >= 11 is 0. The Morgan fingerprint density at radius 1 is 1.00 bits per heavy atom. The molecule has 4 rings (SSSR count). The number of carbonyl (C=O) groups excluding carboxylic acids is 1. The maximum Gasteiger partial charge on any atom is 0.265 e. The third-order valence-electron chi connectivity index (χ3n) is 5.50. The van der Waals surface area contributed by atoms with Crippen molar-refractivity contribution in [2.45, 2.75) is 38.7 Å². The molecule has 0 saturated carbocycles. The average Bonchev–Trinajstić information content (AvgIpc) is 3.10. The summed E-state index contributed by atoms with van der Waals surface area (Å²) in [4.78, 5) is 14.8. The van der Waals surface area contributed by atoms with Crippen LogP contribution in [0.5, 0.6) is 5.75 Å². The van der Waals surface area contributed by atoms with E-state index in [9.17, 15) is 9.18 Å². The van der Waals surface area contributed by atoms with Crippen LogP contribution < -0.4 is 15.0 Å². The van der Waals surface area contributed by atoms with Gasteiger partial charge in [0.1, 0.15) is 11.6 Å². The number of anilines is 2. The Morgan fingerprint density at radius 2 is 1.75 bits per heavy atom. The van der Waals surface area contributed by atoms with Gasteiger partial charge in [0.05, 0.1) is 5.69 Å². The number of nitrogens with one attached hydrogen (secondary N) is 1. The van der Waals surface area contributed by atoms with Crippen molar-refractivity contribution < 1.29 is 13.9 Å². The van der Waals surface area contributed by atoms with Gasteiger partial charge in [0, 0.05) is 24.3 Å². The molecule has 0 aliphatic carbocycles. The number of aromatic nitrogens is 2. The molecule has 0 radical (unpaired) electrons. The van der Waals surface area contributed by atoms with Gasteiger partial charge in [0.15, 0.2) is 11.9 Å². The van der Waals surface area contributed by atoms with E-state index >= 15 is 0 Å². The molecule has 3 aromatic rings. The normalized spacial score (nSPS) is 15.0. The van der Waals surface area contributed by atoms with Crippen molar-refractivity contribution in [1.82, 2.24) is 10.2 Å². The van der Waals surface area contributed by atoms with Crippen molar-refractivity contribution in [1.29, 1.82) is 0 Å². The van der Waals surface area contributed by atoms with Crippen molar-refractivity contribution in [3.63, 3.8) is 0 Å². The van der Waals surface area contributed by atoms with Gasteiger partial charge < -0.3 is 15.0 Å². The molecule has 1 unspecified atom stereocenters. The van der Waals surface area contributed by atoms with E-state index in [1.165, 1.54) is 49.9 Å². The Kier molecular flexibility index (Phi) is 6.94. The maximum atomic E-state index is 13.0. The first-order valence-corrected chi connectivity index (χ1v) is 11.0. The topological polar surface area (TPSA) is 67.3 Å². The number of rotatable bonds is 6. The number of benzene rings is 2. The van der Waals surface area contributed by atoms with Gasteiger partial charge in [0.25, 0.3) is 5.91 Å². The van der Waals surface area contributed by atoms with Crippen LogP contribution in [0.25, 0.3) is 11.3 Å². The lowest BCUT2D eigenvalue weighted by atomic mass is 10.1. The fourth-order valence-corrected chi connectivity index (χ4v) is 3.72. The molecule has 166 valence electrons. The summed E-state index contributed by atoms with van der Waals surface area (Å²) in [5.41, 5.74) is 2.25. The molecule has 6 nitrogen and oxygen atoms in total. The Labute approximate surface area is 187 Å². The van der Waals surface area contributed by atoms with Crippen LogP contribution in [-0.2, 0) is 4.79 Å². The molecule has 1 aliphatic rings. The fraction of sp³-hybridized carbons (Fsp3) is 0.320. The molecular weight excluding hydrogens is 407 g/mol. The van der Waals surface area contributed by atoms with Gasteiger partial charge in [0.2, 0.25) is 0 Å². The number of amides is 1. The van der Waals surface area contributed by atoms with E-state index in [-0.39, 0.29) is 11.7 Å². The summed E-state index contributed by atoms with van der Waals surface area (Å²) in [6, 6.07) is 17.0. The van der Waals surface area contributed by atoms with Crippen molar-refractivity contribution in [2.75, 3.05) is 23.3 Å². The van der Waals surface area contributed by atoms with Gasteiger partial charge in [-0.3, -0.25) is 4.79 Å². The van der Waals surface area contributed by atoms with E-state index in [1.54, 1.807) is 6.92 Å². The van der Waals surface area contributed by atoms with E-state index in [0.29, 0.717) is 11.4 Å². The molecule has 1 amide bonds. The first-order valence-electron chi connectivity index (χ1n) is 11.0. The van der Waals surface area contributed by atoms with Crippen LogP contribution in [-0.4, -0.2) is 35.3 Å². The molecule has 0 spiro atoms. The number of hydrogen-bond donors (Lipinski definition) is 1. The van der Waals surface area contributed by atoms with E-state index in [1.807, 2.05) is 36.4 Å². The predicted molar refractivity (Wildman–Crippen MR) is 123 cm³/mol. The van der Waals surface area contributed by atoms with Crippen molar-refractivity contribution in [3.05, 3.63) is 66.5 Å². The number of ether oxygens (including phenoxy) is 1. The zero-order valence-electron chi connectivity index (χ0n) is 18.1. The number of hydrogen-bond acceptors (Lipinski definition) is 5. The summed E-state index contributed by atoms with van der Waals surface area (Å²) in [6.45, 7) is 3.69. The molecule has 2 heterocycles. The van der Waals surface area contributed by atoms with E-state index in [0.717, 1.165) is 30.2 Å². The number of nitrogens with zero attached hydrogens (tertiary/aromatic N) is 3. The minimum atomic E-state index is -0.739. The minimum absolute atomic E-state index is 0.297. The summed E-state index contributed by atoms with van der Waals surface area (Å²) in [5.74, 6) is 0.692.